The monoisotopic (exact) mass is 285 g/mol. The number of carboxylic acid groups (broad SMARTS) is 1. The molecule has 0 aliphatic heterocycles. The fourth-order valence-corrected chi connectivity index (χ4v) is 1.52. The molecule has 0 aliphatic rings. The summed E-state index contributed by atoms with van der Waals surface area (Å²) >= 11 is 0. The Labute approximate surface area is 119 Å². The van der Waals surface area contributed by atoms with E-state index in [1.54, 1.807) is 24.3 Å². The number of furan rings is 1. The number of carbonyl (C=O) groups is 1. The van der Waals surface area contributed by atoms with Gasteiger partial charge in [0.2, 0.25) is 0 Å². The van der Waals surface area contributed by atoms with Crippen LogP contribution in [0.15, 0.2) is 51.9 Å². The topological polar surface area (TPSA) is 109 Å². The first-order valence-corrected chi connectivity index (χ1v) is 5.82. The van der Waals surface area contributed by atoms with Gasteiger partial charge in [-0.2, -0.15) is 0 Å². The van der Waals surface area contributed by atoms with Gasteiger partial charge in [-0.1, -0.05) is 18.2 Å². The van der Waals surface area contributed by atoms with E-state index >= 15 is 0 Å². The smallest absolute Gasteiger partial charge is 0.433 e. The van der Waals surface area contributed by atoms with Crippen molar-refractivity contribution in [3.63, 3.8) is 0 Å². The molecule has 0 aliphatic carbocycles. The molecule has 0 atom stereocenters. The highest BCUT2D eigenvalue weighted by molar-refractivity contribution is 5.84. The summed E-state index contributed by atoms with van der Waals surface area (Å²) in [5.41, 5.74) is 1.19. The molecule has 0 radical (unpaired) electrons. The lowest BCUT2D eigenvalue weighted by Crippen LogP contribution is -2.18. The molecule has 2 rings (SSSR count). The van der Waals surface area contributed by atoms with E-state index in [-0.39, 0.29) is 11.6 Å². The number of nitrogens with zero attached hydrogens (tertiary/aromatic N) is 2. The van der Waals surface area contributed by atoms with Gasteiger partial charge in [0.25, 0.3) is 0 Å². The summed E-state index contributed by atoms with van der Waals surface area (Å²) in [6, 6.07) is 9.42. The molecule has 1 heterocycles. The van der Waals surface area contributed by atoms with Crippen molar-refractivity contribution in [3.8, 4) is 0 Å². The van der Waals surface area contributed by atoms with Gasteiger partial charge in [0.1, 0.15) is 4.92 Å². The van der Waals surface area contributed by atoms with Crippen LogP contribution in [0.5, 0.6) is 0 Å². The van der Waals surface area contributed by atoms with Crippen molar-refractivity contribution in [1.29, 1.82) is 0 Å². The summed E-state index contributed by atoms with van der Waals surface area (Å²) < 4.78 is 4.93. The van der Waals surface area contributed by atoms with Gasteiger partial charge in [-0.25, -0.2) is 0 Å². The molecule has 0 spiro atoms. The van der Waals surface area contributed by atoms with Gasteiger partial charge in [0, 0.05) is 0 Å². The van der Waals surface area contributed by atoms with E-state index in [2.05, 4.69) is 4.99 Å². The molecule has 0 unspecified atom stereocenters. The average Bonchev–Trinajstić information content (AvgIpc) is 2.92. The summed E-state index contributed by atoms with van der Waals surface area (Å²) in [7, 11) is 0. The third kappa shape index (κ3) is 4.13. The minimum atomic E-state index is -1.29. The van der Waals surface area contributed by atoms with E-state index in [9.17, 15) is 20.0 Å². The molecule has 1 aromatic heterocycles. The molecule has 21 heavy (non-hydrogen) atoms. The van der Waals surface area contributed by atoms with E-state index in [1.165, 1.54) is 24.4 Å². The van der Waals surface area contributed by atoms with Gasteiger partial charge >= 0.3 is 5.88 Å². The fourth-order valence-electron chi connectivity index (χ4n) is 1.52. The maximum absolute atomic E-state index is 10.5. The van der Waals surface area contributed by atoms with Crippen molar-refractivity contribution in [2.24, 2.45) is 4.99 Å². The van der Waals surface area contributed by atoms with E-state index in [1.807, 2.05) is 0 Å². The molecule has 7 nitrogen and oxygen atoms in total. The van der Waals surface area contributed by atoms with E-state index in [0.717, 1.165) is 6.08 Å². The molecule has 1 aromatic carbocycles. The van der Waals surface area contributed by atoms with Gasteiger partial charge in [0.15, 0.2) is 5.76 Å². The first-order chi connectivity index (χ1) is 10.0. The highest BCUT2D eigenvalue weighted by Crippen LogP contribution is 2.17. The van der Waals surface area contributed by atoms with Gasteiger partial charge in [-0.15, -0.1) is 0 Å². The number of aliphatic carboxylic acids is 1. The Balaban J connectivity index is 2.14. The summed E-state index contributed by atoms with van der Waals surface area (Å²) in [4.78, 5) is 24.3. The predicted octanol–water partition coefficient (Wildman–Crippen LogP) is 1.70. The lowest BCUT2D eigenvalue weighted by molar-refractivity contribution is -0.402. The molecule has 7 heteroatoms. The number of benzene rings is 1. The first kappa shape index (κ1) is 14.2. The van der Waals surface area contributed by atoms with Crippen LogP contribution in [0.1, 0.15) is 11.3 Å². The highest BCUT2D eigenvalue weighted by atomic mass is 16.6. The van der Waals surface area contributed by atoms with Crippen LogP contribution >= 0.6 is 0 Å². The Kier molecular flexibility index (Phi) is 4.25. The quantitative estimate of drug-likeness (QED) is 0.359. The second-order valence-corrected chi connectivity index (χ2v) is 3.94. The Morgan fingerprint density at radius 3 is 2.76 bits per heavy atom. The van der Waals surface area contributed by atoms with Crippen molar-refractivity contribution in [2.75, 3.05) is 0 Å². The normalized spacial score (nSPS) is 11.2. The number of hydrogen-bond acceptors (Lipinski definition) is 6. The molecule has 0 saturated carbocycles. The Hall–Kier alpha value is -3.22. The molecule has 0 N–H and O–H groups in total. The summed E-state index contributed by atoms with van der Waals surface area (Å²) in [6.45, 7) is 0. The number of nitro groups is 1. The second kappa shape index (κ2) is 6.29. The van der Waals surface area contributed by atoms with E-state index in [4.69, 9.17) is 4.42 Å². The third-order valence-corrected chi connectivity index (χ3v) is 2.42. The summed E-state index contributed by atoms with van der Waals surface area (Å²) in [5, 5.41) is 20.8. The number of rotatable bonds is 5. The third-order valence-electron chi connectivity index (χ3n) is 2.42. The van der Waals surface area contributed by atoms with E-state index < -0.39 is 10.9 Å². The van der Waals surface area contributed by atoms with Crippen molar-refractivity contribution >= 4 is 29.8 Å². The van der Waals surface area contributed by atoms with Crippen LogP contribution in [0, 0.1) is 10.1 Å². The van der Waals surface area contributed by atoms with Crippen LogP contribution in [0.4, 0.5) is 11.6 Å². The molecule has 0 fully saturated rings. The molecular weight excluding hydrogens is 276 g/mol. The fraction of sp³-hybridized carbons (Fsp3) is 0. The van der Waals surface area contributed by atoms with Crippen molar-refractivity contribution < 1.29 is 19.2 Å². The molecule has 106 valence electrons. The van der Waals surface area contributed by atoms with Gasteiger partial charge in [0.05, 0.1) is 23.9 Å². The SMILES string of the molecule is O=C([O-])/C=C/c1cccc(N=Cc2ccc([N+](=O)[O-])o2)c1. The number of carbonyl (C=O) groups excluding carboxylic acids is 1. The lowest BCUT2D eigenvalue weighted by Gasteiger charge is -1.97. The Bertz CT molecular complexity index is 730. The zero-order valence-electron chi connectivity index (χ0n) is 10.6. The van der Waals surface area contributed by atoms with Crippen LogP contribution in [-0.4, -0.2) is 17.1 Å². The molecular formula is C14H9N2O5-. The average molecular weight is 285 g/mol. The van der Waals surface area contributed by atoms with Gasteiger partial charge < -0.3 is 14.3 Å². The van der Waals surface area contributed by atoms with Crippen molar-refractivity contribution in [1.82, 2.24) is 0 Å². The second-order valence-electron chi connectivity index (χ2n) is 3.94. The van der Waals surface area contributed by atoms with Crippen LogP contribution in [-0.2, 0) is 4.79 Å². The predicted molar refractivity (Wildman–Crippen MR) is 73.1 cm³/mol. The maximum atomic E-state index is 10.5. The summed E-state index contributed by atoms with van der Waals surface area (Å²) in [6.07, 6.45) is 3.64. The molecule has 0 bridgehead atoms. The van der Waals surface area contributed by atoms with Crippen molar-refractivity contribution in [3.05, 3.63) is 63.9 Å². The molecule has 0 amide bonds. The molecule has 0 saturated heterocycles. The lowest BCUT2D eigenvalue weighted by atomic mass is 10.2. The minimum Gasteiger partial charge on any atom is -0.545 e. The number of hydrogen-bond donors (Lipinski definition) is 0. The zero-order chi connectivity index (χ0) is 15.2. The van der Waals surface area contributed by atoms with Crippen LogP contribution in [0.2, 0.25) is 0 Å². The van der Waals surface area contributed by atoms with Crippen molar-refractivity contribution in [2.45, 2.75) is 0 Å². The highest BCUT2D eigenvalue weighted by Gasteiger charge is 2.09. The zero-order valence-corrected chi connectivity index (χ0v) is 10.6. The Morgan fingerprint density at radius 1 is 1.29 bits per heavy atom. The summed E-state index contributed by atoms with van der Waals surface area (Å²) in [5.74, 6) is -1.40. The number of aliphatic imine (C=N–C) groups is 1. The first-order valence-electron chi connectivity index (χ1n) is 5.82. The standard InChI is InChI=1S/C14H10N2O5/c17-14(18)7-4-10-2-1-3-11(8-10)15-9-12-5-6-13(21-12)16(19)20/h1-9H,(H,17,18)/p-1/b7-4+,15-9?. The minimum absolute atomic E-state index is 0.248. The van der Waals surface area contributed by atoms with Crippen LogP contribution in [0.3, 0.4) is 0 Å². The number of carboxylic acids is 1. The molecule has 2 aromatic rings. The van der Waals surface area contributed by atoms with Gasteiger partial charge in [-0.3, -0.25) is 15.1 Å². The van der Waals surface area contributed by atoms with Gasteiger partial charge in [-0.05, 0) is 29.8 Å². The largest absolute Gasteiger partial charge is 0.545 e. The van der Waals surface area contributed by atoms with Crippen LogP contribution in [0.25, 0.3) is 6.08 Å². The van der Waals surface area contributed by atoms with Crippen LogP contribution < -0.4 is 5.11 Å². The maximum Gasteiger partial charge on any atom is 0.433 e. The Morgan fingerprint density at radius 2 is 2.10 bits per heavy atom. The van der Waals surface area contributed by atoms with E-state index in [0.29, 0.717) is 11.3 Å².